The molecule has 0 radical (unpaired) electrons. The number of nitro groups is 1. The van der Waals surface area contributed by atoms with Crippen LogP contribution in [0.25, 0.3) is 0 Å². The standard InChI is InChI=1S/C20H24N2O2/c21-19-9-5-15(6-10-19)13-18(17-3-1-2-4-17)14-16-7-11-20(12-8-16)22(23)24/h5-12,17-18H,1-4,13-14,21H2. The summed E-state index contributed by atoms with van der Waals surface area (Å²) in [5.41, 5.74) is 9.26. The lowest BCUT2D eigenvalue weighted by atomic mass is 9.81. The zero-order valence-corrected chi connectivity index (χ0v) is 13.9. The predicted octanol–water partition coefficient (Wildman–Crippen LogP) is 4.77. The molecule has 0 aliphatic heterocycles. The molecular formula is C20H24N2O2. The van der Waals surface area contributed by atoms with Crippen molar-refractivity contribution in [1.29, 1.82) is 0 Å². The number of anilines is 1. The average molecular weight is 324 g/mol. The van der Waals surface area contributed by atoms with E-state index in [0.717, 1.165) is 24.4 Å². The van der Waals surface area contributed by atoms with Gasteiger partial charge in [0.25, 0.3) is 5.69 Å². The van der Waals surface area contributed by atoms with Crippen molar-refractivity contribution in [3.8, 4) is 0 Å². The Morgan fingerprint density at radius 1 is 0.958 bits per heavy atom. The van der Waals surface area contributed by atoms with E-state index in [4.69, 9.17) is 5.73 Å². The summed E-state index contributed by atoms with van der Waals surface area (Å²) in [5.74, 6) is 1.33. The zero-order chi connectivity index (χ0) is 16.9. The number of non-ortho nitro benzene ring substituents is 1. The Morgan fingerprint density at radius 2 is 1.46 bits per heavy atom. The largest absolute Gasteiger partial charge is 0.399 e. The van der Waals surface area contributed by atoms with Crippen LogP contribution in [-0.4, -0.2) is 4.92 Å². The molecule has 4 nitrogen and oxygen atoms in total. The Balaban J connectivity index is 1.74. The summed E-state index contributed by atoms with van der Waals surface area (Å²) in [7, 11) is 0. The maximum absolute atomic E-state index is 10.8. The van der Waals surface area contributed by atoms with Gasteiger partial charge in [0, 0.05) is 17.8 Å². The fourth-order valence-corrected chi connectivity index (χ4v) is 3.85. The van der Waals surface area contributed by atoms with Gasteiger partial charge in [0.15, 0.2) is 0 Å². The molecule has 1 saturated carbocycles. The molecule has 2 aromatic carbocycles. The summed E-state index contributed by atoms with van der Waals surface area (Å²) in [6, 6.07) is 15.2. The SMILES string of the molecule is Nc1ccc(CC(Cc2ccc([N+](=O)[O-])cc2)C2CCCC2)cc1. The average Bonchev–Trinajstić information content (AvgIpc) is 3.11. The number of nitrogens with zero attached hydrogens (tertiary/aromatic N) is 1. The van der Waals surface area contributed by atoms with Gasteiger partial charge in [0.05, 0.1) is 4.92 Å². The van der Waals surface area contributed by atoms with Crippen LogP contribution in [0.2, 0.25) is 0 Å². The summed E-state index contributed by atoms with van der Waals surface area (Å²) in [6.07, 6.45) is 7.26. The number of rotatable bonds is 6. The van der Waals surface area contributed by atoms with Gasteiger partial charge in [-0.1, -0.05) is 49.9 Å². The third-order valence-corrected chi connectivity index (χ3v) is 5.19. The molecule has 0 bridgehead atoms. The molecule has 0 heterocycles. The van der Waals surface area contributed by atoms with Crippen molar-refractivity contribution in [3.63, 3.8) is 0 Å². The van der Waals surface area contributed by atoms with Crippen molar-refractivity contribution in [2.75, 3.05) is 5.73 Å². The van der Waals surface area contributed by atoms with E-state index in [-0.39, 0.29) is 10.6 Å². The van der Waals surface area contributed by atoms with E-state index in [0.29, 0.717) is 5.92 Å². The smallest absolute Gasteiger partial charge is 0.269 e. The van der Waals surface area contributed by atoms with Gasteiger partial charge < -0.3 is 5.73 Å². The van der Waals surface area contributed by atoms with Gasteiger partial charge in [0.1, 0.15) is 0 Å². The normalized spacial score (nSPS) is 16.2. The topological polar surface area (TPSA) is 69.2 Å². The van der Waals surface area contributed by atoms with Gasteiger partial charge in [-0.25, -0.2) is 0 Å². The summed E-state index contributed by atoms with van der Waals surface area (Å²) >= 11 is 0. The Morgan fingerprint density at radius 3 is 1.96 bits per heavy atom. The van der Waals surface area contributed by atoms with Crippen molar-refractivity contribution in [1.82, 2.24) is 0 Å². The first-order chi connectivity index (χ1) is 11.6. The molecule has 1 atom stereocenters. The Labute approximate surface area is 142 Å². The van der Waals surface area contributed by atoms with Crippen molar-refractivity contribution in [3.05, 3.63) is 69.8 Å². The zero-order valence-electron chi connectivity index (χ0n) is 13.9. The first-order valence-electron chi connectivity index (χ1n) is 8.69. The van der Waals surface area contributed by atoms with Gasteiger partial charge in [-0.2, -0.15) is 0 Å². The number of nitro benzene ring substituents is 1. The minimum atomic E-state index is -0.341. The summed E-state index contributed by atoms with van der Waals surface area (Å²) in [5, 5.41) is 10.8. The van der Waals surface area contributed by atoms with Crippen LogP contribution in [0.3, 0.4) is 0 Å². The van der Waals surface area contributed by atoms with E-state index < -0.39 is 0 Å². The summed E-state index contributed by atoms with van der Waals surface area (Å²) in [6.45, 7) is 0. The highest BCUT2D eigenvalue weighted by Gasteiger charge is 2.25. The quantitative estimate of drug-likeness (QED) is 0.473. The van der Waals surface area contributed by atoms with Gasteiger partial charge in [-0.05, 0) is 47.9 Å². The molecule has 2 aromatic rings. The van der Waals surface area contributed by atoms with Crippen LogP contribution in [0.1, 0.15) is 36.8 Å². The molecular weight excluding hydrogens is 300 g/mol. The van der Waals surface area contributed by atoms with E-state index in [1.807, 2.05) is 24.3 Å². The van der Waals surface area contributed by atoms with E-state index in [1.165, 1.54) is 36.8 Å². The van der Waals surface area contributed by atoms with Crippen LogP contribution in [-0.2, 0) is 12.8 Å². The van der Waals surface area contributed by atoms with Gasteiger partial charge in [0.2, 0.25) is 0 Å². The molecule has 1 aliphatic carbocycles. The third-order valence-electron chi connectivity index (χ3n) is 5.19. The molecule has 3 rings (SSSR count). The molecule has 4 heteroatoms. The van der Waals surface area contributed by atoms with E-state index >= 15 is 0 Å². The Hall–Kier alpha value is -2.36. The molecule has 24 heavy (non-hydrogen) atoms. The third kappa shape index (κ3) is 4.13. The van der Waals surface area contributed by atoms with Crippen LogP contribution in [0, 0.1) is 22.0 Å². The predicted molar refractivity (Wildman–Crippen MR) is 96.8 cm³/mol. The van der Waals surface area contributed by atoms with Gasteiger partial charge in [-0.3, -0.25) is 10.1 Å². The molecule has 0 amide bonds. The van der Waals surface area contributed by atoms with E-state index in [2.05, 4.69) is 12.1 Å². The van der Waals surface area contributed by atoms with E-state index in [9.17, 15) is 10.1 Å². The van der Waals surface area contributed by atoms with E-state index in [1.54, 1.807) is 12.1 Å². The van der Waals surface area contributed by atoms with Crippen LogP contribution in [0.4, 0.5) is 11.4 Å². The highest BCUT2D eigenvalue weighted by atomic mass is 16.6. The van der Waals surface area contributed by atoms with Crippen molar-refractivity contribution in [2.24, 2.45) is 11.8 Å². The molecule has 0 saturated heterocycles. The lowest BCUT2D eigenvalue weighted by Gasteiger charge is -2.24. The highest BCUT2D eigenvalue weighted by Crippen LogP contribution is 2.35. The number of nitrogen functional groups attached to an aromatic ring is 1. The Bertz CT molecular complexity index is 674. The van der Waals surface area contributed by atoms with Crippen LogP contribution >= 0.6 is 0 Å². The summed E-state index contributed by atoms with van der Waals surface area (Å²) < 4.78 is 0. The minimum Gasteiger partial charge on any atom is -0.399 e. The van der Waals surface area contributed by atoms with Crippen molar-refractivity contribution >= 4 is 11.4 Å². The fourth-order valence-electron chi connectivity index (χ4n) is 3.85. The number of benzene rings is 2. The molecule has 0 spiro atoms. The maximum Gasteiger partial charge on any atom is 0.269 e. The van der Waals surface area contributed by atoms with Crippen LogP contribution in [0.15, 0.2) is 48.5 Å². The van der Waals surface area contributed by atoms with Crippen molar-refractivity contribution < 1.29 is 4.92 Å². The number of hydrogen-bond acceptors (Lipinski definition) is 3. The maximum atomic E-state index is 10.8. The molecule has 1 unspecified atom stereocenters. The molecule has 1 aliphatic rings. The number of nitrogens with two attached hydrogens (primary N) is 1. The first-order valence-corrected chi connectivity index (χ1v) is 8.69. The Kier molecular flexibility index (Phi) is 5.14. The van der Waals surface area contributed by atoms with Crippen molar-refractivity contribution in [2.45, 2.75) is 38.5 Å². The second-order valence-corrected chi connectivity index (χ2v) is 6.88. The van der Waals surface area contributed by atoms with Crippen LogP contribution < -0.4 is 5.73 Å². The second kappa shape index (κ2) is 7.47. The molecule has 0 aromatic heterocycles. The molecule has 2 N–H and O–H groups in total. The summed E-state index contributed by atoms with van der Waals surface area (Å²) in [4.78, 5) is 10.5. The number of hydrogen-bond donors (Lipinski definition) is 1. The first kappa shape index (κ1) is 16.5. The van der Waals surface area contributed by atoms with Gasteiger partial charge in [-0.15, -0.1) is 0 Å². The van der Waals surface area contributed by atoms with Gasteiger partial charge >= 0.3 is 0 Å². The lowest BCUT2D eigenvalue weighted by molar-refractivity contribution is -0.384. The minimum absolute atomic E-state index is 0.162. The molecule has 126 valence electrons. The second-order valence-electron chi connectivity index (χ2n) is 6.88. The highest BCUT2D eigenvalue weighted by molar-refractivity contribution is 5.39. The molecule has 1 fully saturated rings. The monoisotopic (exact) mass is 324 g/mol. The fraction of sp³-hybridized carbons (Fsp3) is 0.400. The van der Waals surface area contributed by atoms with Crippen LogP contribution in [0.5, 0.6) is 0 Å². The lowest BCUT2D eigenvalue weighted by Crippen LogP contribution is -2.17.